The van der Waals surface area contributed by atoms with Crippen LogP contribution >= 0.6 is 0 Å². The normalized spacial score (nSPS) is 11.4. The second-order valence-corrected chi connectivity index (χ2v) is 5.21. The molecule has 0 radical (unpaired) electrons. The Hall–Kier alpha value is -1.07. The summed E-state index contributed by atoms with van der Waals surface area (Å²) in [7, 11) is -3.20. The highest BCUT2D eigenvalue weighted by atomic mass is 32.2. The van der Waals surface area contributed by atoms with Gasteiger partial charge in [-0.3, -0.25) is 4.31 Å². The molecule has 0 aliphatic heterocycles. The highest BCUT2D eigenvalue weighted by Gasteiger charge is 2.14. The van der Waals surface area contributed by atoms with E-state index in [2.05, 4.69) is 0 Å². The second kappa shape index (κ2) is 4.63. The van der Waals surface area contributed by atoms with Crippen LogP contribution in [0.1, 0.15) is 12.5 Å². The molecule has 0 aliphatic rings. The zero-order valence-corrected chi connectivity index (χ0v) is 9.79. The Morgan fingerprint density at radius 1 is 1.40 bits per heavy atom. The van der Waals surface area contributed by atoms with Gasteiger partial charge in [0.1, 0.15) is 0 Å². The Balaban J connectivity index is 3.13. The average Bonchev–Trinajstić information content (AvgIpc) is 2.17. The van der Waals surface area contributed by atoms with Gasteiger partial charge >= 0.3 is 0 Å². The van der Waals surface area contributed by atoms with Gasteiger partial charge in [0.15, 0.2) is 0 Å². The van der Waals surface area contributed by atoms with Crippen molar-refractivity contribution in [3.05, 3.63) is 29.8 Å². The van der Waals surface area contributed by atoms with Crippen LogP contribution in [-0.2, 0) is 16.6 Å². The maximum absolute atomic E-state index is 11.5. The van der Waals surface area contributed by atoms with Crippen LogP contribution in [0.2, 0.25) is 0 Å². The predicted octanol–water partition coefficient (Wildman–Crippen LogP) is 0.931. The van der Waals surface area contributed by atoms with Gasteiger partial charge in [0.05, 0.1) is 11.9 Å². The van der Waals surface area contributed by atoms with Crippen molar-refractivity contribution in [1.82, 2.24) is 0 Å². The summed E-state index contributed by atoms with van der Waals surface area (Å²) in [5, 5.41) is 0. The minimum absolute atomic E-state index is 0.412. The van der Waals surface area contributed by atoms with Gasteiger partial charge in [-0.15, -0.1) is 0 Å². The molecular weight excluding hydrogens is 212 g/mol. The molecule has 1 aromatic rings. The number of anilines is 1. The number of benzene rings is 1. The van der Waals surface area contributed by atoms with Crippen molar-refractivity contribution in [1.29, 1.82) is 0 Å². The predicted molar refractivity (Wildman–Crippen MR) is 62.2 cm³/mol. The van der Waals surface area contributed by atoms with E-state index >= 15 is 0 Å². The van der Waals surface area contributed by atoms with Gasteiger partial charge in [-0.2, -0.15) is 0 Å². The molecule has 0 atom stereocenters. The summed E-state index contributed by atoms with van der Waals surface area (Å²) in [5.41, 5.74) is 7.10. The molecule has 1 aromatic carbocycles. The Bertz CT molecular complexity index is 429. The molecule has 0 fully saturated rings. The molecular formula is C10H16N2O2S. The van der Waals surface area contributed by atoms with Crippen LogP contribution in [0.25, 0.3) is 0 Å². The van der Waals surface area contributed by atoms with E-state index < -0.39 is 10.0 Å². The fourth-order valence-electron chi connectivity index (χ4n) is 1.45. The first-order chi connectivity index (χ1) is 6.99. The molecule has 15 heavy (non-hydrogen) atoms. The molecule has 0 bridgehead atoms. The van der Waals surface area contributed by atoms with Gasteiger partial charge in [0.25, 0.3) is 0 Å². The number of sulfonamides is 1. The summed E-state index contributed by atoms with van der Waals surface area (Å²) in [4.78, 5) is 0. The maximum atomic E-state index is 11.5. The van der Waals surface area contributed by atoms with Crippen molar-refractivity contribution in [2.45, 2.75) is 13.5 Å². The van der Waals surface area contributed by atoms with Crippen molar-refractivity contribution >= 4 is 15.7 Å². The fourth-order valence-corrected chi connectivity index (χ4v) is 2.41. The standard InChI is InChI=1S/C10H16N2O2S/c1-3-12(15(2,13)14)10-6-4-5-9(7-10)8-11/h4-7H,3,8,11H2,1-2H3. The molecule has 0 saturated carbocycles. The third-order valence-electron chi connectivity index (χ3n) is 2.12. The minimum atomic E-state index is -3.20. The molecule has 5 heteroatoms. The van der Waals surface area contributed by atoms with Gasteiger partial charge in [-0.05, 0) is 24.6 Å². The van der Waals surface area contributed by atoms with E-state index in [0.717, 1.165) is 5.56 Å². The molecule has 4 nitrogen and oxygen atoms in total. The zero-order chi connectivity index (χ0) is 11.5. The van der Waals surface area contributed by atoms with Crippen LogP contribution in [0, 0.1) is 0 Å². The minimum Gasteiger partial charge on any atom is -0.326 e. The lowest BCUT2D eigenvalue weighted by atomic mass is 10.2. The maximum Gasteiger partial charge on any atom is 0.232 e. The lowest BCUT2D eigenvalue weighted by molar-refractivity contribution is 0.598. The molecule has 84 valence electrons. The lowest BCUT2D eigenvalue weighted by Gasteiger charge is -2.20. The Morgan fingerprint density at radius 3 is 2.53 bits per heavy atom. The number of nitrogens with zero attached hydrogens (tertiary/aromatic N) is 1. The van der Waals surface area contributed by atoms with E-state index in [-0.39, 0.29) is 0 Å². The zero-order valence-electron chi connectivity index (χ0n) is 8.97. The Labute approximate surface area is 90.8 Å². The lowest BCUT2D eigenvalue weighted by Crippen LogP contribution is -2.29. The smallest absolute Gasteiger partial charge is 0.232 e. The van der Waals surface area contributed by atoms with Gasteiger partial charge in [-0.25, -0.2) is 8.42 Å². The SMILES string of the molecule is CCN(c1cccc(CN)c1)S(C)(=O)=O. The van der Waals surface area contributed by atoms with Gasteiger partial charge in [0, 0.05) is 13.1 Å². The molecule has 0 aliphatic carbocycles. The topological polar surface area (TPSA) is 63.4 Å². The highest BCUT2D eigenvalue weighted by molar-refractivity contribution is 7.92. The highest BCUT2D eigenvalue weighted by Crippen LogP contribution is 2.18. The van der Waals surface area contributed by atoms with Gasteiger partial charge < -0.3 is 5.73 Å². The first-order valence-corrected chi connectivity index (χ1v) is 6.60. The van der Waals surface area contributed by atoms with Crippen molar-refractivity contribution in [3.63, 3.8) is 0 Å². The first-order valence-electron chi connectivity index (χ1n) is 4.75. The molecule has 0 saturated heterocycles. The summed E-state index contributed by atoms with van der Waals surface area (Å²) in [5.74, 6) is 0. The van der Waals surface area contributed by atoms with Crippen molar-refractivity contribution in [3.8, 4) is 0 Å². The van der Waals surface area contributed by atoms with E-state index in [1.54, 1.807) is 19.1 Å². The molecule has 1 rings (SSSR count). The van der Waals surface area contributed by atoms with Crippen LogP contribution < -0.4 is 10.0 Å². The van der Waals surface area contributed by atoms with Crippen LogP contribution in [0.3, 0.4) is 0 Å². The average molecular weight is 228 g/mol. The Kier molecular flexibility index (Phi) is 3.71. The summed E-state index contributed by atoms with van der Waals surface area (Å²) in [6.07, 6.45) is 1.20. The number of hydrogen-bond acceptors (Lipinski definition) is 3. The second-order valence-electron chi connectivity index (χ2n) is 3.30. The van der Waals surface area contributed by atoms with E-state index in [4.69, 9.17) is 5.73 Å². The summed E-state index contributed by atoms with van der Waals surface area (Å²) in [6.45, 7) is 2.64. The first kappa shape index (κ1) is 12.0. The van der Waals surface area contributed by atoms with E-state index in [0.29, 0.717) is 18.8 Å². The number of nitrogens with two attached hydrogens (primary N) is 1. The van der Waals surface area contributed by atoms with Crippen molar-refractivity contribution < 1.29 is 8.42 Å². The van der Waals surface area contributed by atoms with Gasteiger partial charge in [0.2, 0.25) is 10.0 Å². The molecule has 0 spiro atoms. The monoisotopic (exact) mass is 228 g/mol. The number of hydrogen-bond donors (Lipinski definition) is 1. The van der Waals surface area contributed by atoms with E-state index in [9.17, 15) is 8.42 Å². The quantitative estimate of drug-likeness (QED) is 0.834. The molecule has 0 aromatic heterocycles. The van der Waals surface area contributed by atoms with E-state index in [1.807, 2.05) is 12.1 Å². The van der Waals surface area contributed by atoms with Gasteiger partial charge in [-0.1, -0.05) is 12.1 Å². The third-order valence-corrected chi connectivity index (χ3v) is 3.39. The van der Waals surface area contributed by atoms with Crippen LogP contribution in [-0.4, -0.2) is 21.2 Å². The van der Waals surface area contributed by atoms with Crippen LogP contribution in [0.4, 0.5) is 5.69 Å². The third kappa shape index (κ3) is 2.94. The number of rotatable bonds is 4. The Morgan fingerprint density at radius 2 is 2.07 bits per heavy atom. The van der Waals surface area contributed by atoms with Crippen LogP contribution in [0.5, 0.6) is 0 Å². The summed E-state index contributed by atoms with van der Waals surface area (Å²) in [6, 6.07) is 7.25. The summed E-state index contributed by atoms with van der Waals surface area (Å²) < 4.78 is 24.3. The van der Waals surface area contributed by atoms with E-state index in [1.165, 1.54) is 10.6 Å². The van der Waals surface area contributed by atoms with Crippen molar-refractivity contribution in [2.75, 3.05) is 17.1 Å². The molecule has 0 amide bonds. The fraction of sp³-hybridized carbons (Fsp3) is 0.400. The molecule has 0 unspecified atom stereocenters. The van der Waals surface area contributed by atoms with Crippen molar-refractivity contribution in [2.24, 2.45) is 5.73 Å². The largest absolute Gasteiger partial charge is 0.326 e. The van der Waals surface area contributed by atoms with Crippen LogP contribution in [0.15, 0.2) is 24.3 Å². The molecule has 2 N–H and O–H groups in total. The summed E-state index contributed by atoms with van der Waals surface area (Å²) >= 11 is 0. The molecule has 0 heterocycles.